The third-order valence-corrected chi connectivity index (χ3v) is 5.07. The van der Waals surface area contributed by atoms with E-state index in [1.165, 1.54) is 0 Å². The van der Waals surface area contributed by atoms with Crippen molar-refractivity contribution >= 4 is 11.9 Å². The maximum Gasteiger partial charge on any atom is 0.311 e. The van der Waals surface area contributed by atoms with Crippen LogP contribution in [-0.2, 0) is 20.9 Å². The maximum atomic E-state index is 12.5. The van der Waals surface area contributed by atoms with Gasteiger partial charge >= 0.3 is 5.97 Å². The summed E-state index contributed by atoms with van der Waals surface area (Å²) in [4.78, 5) is 26.6. The molecule has 1 amide bonds. The van der Waals surface area contributed by atoms with Crippen LogP contribution >= 0.6 is 0 Å². The van der Waals surface area contributed by atoms with Crippen LogP contribution in [0.1, 0.15) is 30.8 Å². The average Bonchev–Trinajstić information content (AvgIpc) is 3.40. The van der Waals surface area contributed by atoms with Crippen molar-refractivity contribution in [1.82, 2.24) is 15.1 Å². The number of aromatic nitrogens is 2. The zero-order chi connectivity index (χ0) is 20.2. The Morgan fingerprint density at radius 2 is 1.83 bits per heavy atom. The molecule has 0 spiro atoms. The summed E-state index contributed by atoms with van der Waals surface area (Å²) in [6.07, 6.45) is 0.148. The third kappa shape index (κ3) is 4.18. The molecule has 0 bridgehead atoms. The number of carbonyl (C=O) groups is 2. The van der Waals surface area contributed by atoms with Gasteiger partial charge < -0.3 is 14.1 Å². The first kappa shape index (κ1) is 18.9. The lowest BCUT2D eigenvalue weighted by Crippen LogP contribution is -2.29. The van der Waals surface area contributed by atoms with Crippen molar-refractivity contribution in [2.75, 3.05) is 6.54 Å². The first-order chi connectivity index (χ1) is 14.1. The van der Waals surface area contributed by atoms with Crippen LogP contribution in [0, 0.1) is 5.92 Å². The second kappa shape index (κ2) is 8.26. The number of rotatable bonds is 6. The van der Waals surface area contributed by atoms with E-state index in [0.29, 0.717) is 12.4 Å². The number of likely N-dealkylation sites (tertiary alicyclic amines) is 1. The third-order valence-electron chi connectivity index (χ3n) is 5.07. The zero-order valence-corrected chi connectivity index (χ0v) is 16.0. The van der Waals surface area contributed by atoms with E-state index in [-0.39, 0.29) is 30.9 Å². The fourth-order valence-electron chi connectivity index (χ4n) is 3.44. The first-order valence-electron chi connectivity index (χ1n) is 9.50. The Balaban J connectivity index is 1.34. The maximum absolute atomic E-state index is 12.5. The molecule has 29 heavy (non-hydrogen) atoms. The molecule has 0 aliphatic carbocycles. The van der Waals surface area contributed by atoms with Crippen molar-refractivity contribution in [2.45, 2.75) is 26.0 Å². The normalized spacial score (nSPS) is 17.3. The second-order valence-electron chi connectivity index (χ2n) is 7.01. The Bertz CT molecular complexity index is 988. The minimum atomic E-state index is -0.495. The lowest BCUT2D eigenvalue weighted by Gasteiger charge is -2.25. The van der Waals surface area contributed by atoms with Crippen LogP contribution < -0.4 is 0 Å². The van der Waals surface area contributed by atoms with Gasteiger partial charge in [0.15, 0.2) is 6.61 Å². The van der Waals surface area contributed by atoms with Crippen LogP contribution in [0.5, 0.6) is 0 Å². The second-order valence-corrected chi connectivity index (χ2v) is 7.01. The van der Waals surface area contributed by atoms with Crippen molar-refractivity contribution in [1.29, 1.82) is 0 Å². The highest BCUT2D eigenvalue weighted by atomic mass is 16.5. The Labute approximate surface area is 168 Å². The van der Waals surface area contributed by atoms with Gasteiger partial charge in [-0.1, -0.05) is 48.5 Å². The fraction of sp³-hybridized carbons (Fsp3) is 0.273. The summed E-state index contributed by atoms with van der Waals surface area (Å²) < 4.78 is 10.9. The van der Waals surface area contributed by atoms with Crippen molar-refractivity contribution < 1.29 is 18.7 Å². The van der Waals surface area contributed by atoms with Crippen LogP contribution in [-0.4, -0.2) is 33.5 Å². The van der Waals surface area contributed by atoms with Crippen LogP contribution in [0.15, 0.2) is 65.1 Å². The monoisotopic (exact) mass is 391 g/mol. The Morgan fingerprint density at radius 1 is 1.14 bits per heavy atom. The van der Waals surface area contributed by atoms with E-state index in [0.717, 1.165) is 11.1 Å². The summed E-state index contributed by atoms with van der Waals surface area (Å²) >= 11 is 0. The van der Waals surface area contributed by atoms with Gasteiger partial charge in [0.1, 0.15) is 0 Å². The van der Waals surface area contributed by atoms with Crippen molar-refractivity contribution in [2.24, 2.45) is 5.92 Å². The fourth-order valence-corrected chi connectivity index (χ4v) is 3.44. The first-order valence-corrected chi connectivity index (χ1v) is 9.50. The van der Waals surface area contributed by atoms with E-state index in [4.69, 9.17) is 9.15 Å². The van der Waals surface area contributed by atoms with E-state index in [1.54, 1.807) is 4.90 Å². The zero-order valence-electron chi connectivity index (χ0n) is 16.0. The lowest BCUT2D eigenvalue weighted by atomic mass is 10.1. The largest absolute Gasteiger partial charge is 0.455 e. The molecule has 148 valence electrons. The number of hydrogen-bond donors (Lipinski definition) is 0. The molecule has 1 fully saturated rings. The molecule has 1 aliphatic rings. The molecule has 7 nitrogen and oxygen atoms in total. The van der Waals surface area contributed by atoms with Crippen molar-refractivity contribution in [3.63, 3.8) is 0 Å². The topological polar surface area (TPSA) is 85.5 Å². The molecule has 2 atom stereocenters. The van der Waals surface area contributed by atoms with Gasteiger partial charge in [-0.3, -0.25) is 9.59 Å². The molecule has 4 rings (SSSR count). The van der Waals surface area contributed by atoms with Crippen LogP contribution in [0.2, 0.25) is 0 Å². The van der Waals surface area contributed by atoms with Crippen LogP contribution in [0.4, 0.5) is 0 Å². The summed E-state index contributed by atoms with van der Waals surface area (Å²) in [5, 5.41) is 7.89. The SMILES string of the molecule is C[C@@H](c1ccccc1)N1C[C@@H](C(=O)OCc2nnc(-c3ccccc3)o2)CC1=O. The van der Waals surface area contributed by atoms with Crippen LogP contribution in [0.3, 0.4) is 0 Å². The minimum absolute atomic E-state index is 0.0487. The molecule has 0 saturated carbocycles. The van der Waals surface area contributed by atoms with E-state index < -0.39 is 11.9 Å². The molecule has 3 aromatic rings. The van der Waals surface area contributed by atoms with E-state index >= 15 is 0 Å². The molecule has 2 aromatic carbocycles. The summed E-state index contributed by atoms with van der Waals surface area (Å²) in [7, 11) is 0. The molecule has 7 heteroatoms. The van der Waals surface area contributed by atoms with E-state index in [2.05, 4.69) is 10.2 Å². The smallest absolute Gasteiger partial charge is 0.311 e. The highest BCUT2D eigenvalue weighted by Crippen LogP contribution is 2.29. The minimum Gasteiger partial charge on any atom is -0.455 e. The number of ether oxygens (including phenoxy) is 1. The highest BCUT2D eigenvalue weighted by molar-refractivity contribution is 5.87. The highest BCUT2D eigenvalue weighted by Gasteiger charge is 2.38. The summed E-state index contributed by atoms with van der Waals surface area (Å²) in [6.45, 7) is 2.19. The van der Waals surface area contributed by atoms with Gasteiger partial charge in [-0.15, -0.1) is 10.2 Å². The van der Waals surface area contributed by atoms with Gasteiger partial charge in [0, 0.05) is 18.5 Å². The Morgan fingerprint density at radius 3 is 2.55 bits per heavy atom. The van der Waals surface area contributed by atoms with Gasteiger partial charge in [-0.25, -0.2) is 0 Å². The molecular weight excluding hydrogens is 370 g/mol. The number of amides is 1. The number of esters is 1. The molecule has 2 heterocycles. The summed E-state index contributed by atoms with van der Waals surface area (Å²) in [6, 6.07) is 19.0. The van der Waals surface area contributed by atoms with E-state index in [9.17, 15) is 9.59 Å². The van der Waals surface area contributed by atoms with Crippen molar-refractivity contribution in [3.8, 4) is 11.5 Å². The number of hydrogen-bond acceptors (Lipinski definition) is 6. The number of carbonyl (C=O) groups excluding carboxylic acids is 2. The van der Waals surface area contributed by atoms with Gasteiger partial charge in [-0.05, 0) is 24.6 Å². The molecule has 0 radical (unpaired) electrons. The standard InChI is InChI=1S/C22H21N3O4/c1-15(16-8-4-2-5-9-16)25-13-18(12-20(25)26)22(27)28-14-19-23-24-21(29-19)17-10-6-3-7-11-17/h2-11,15,18H,12-14H2,1H3/t15-,18-/m0/s1. The molecule has 1 saturated heterocycles. The molecule has 0 unspecified atom stereocenters. The predicted molar refractivity (Wildman–Crippen MR) is 104 cm³/mol. The summed E-state index contributed by atoms with van der Waals surface area (Å²) in [5.74, 6) is -0.384. The Hall–Kier alpha value is -3.48. The molecular formula is C22H21N3O4. The summed E-state index contributed by atoms with van der Waals surface area (Å²) in [5.41, 5.74) is 1.83. The lowest BCUT2D eigenvalue weighted by molar-refractivity contribution is -0.150. The number of nitrogens with zero attached hydrogens (tertiary/aromatic N) is 3. The van der Waals surface area contributed by atoms with Gasteiger partial charge in [0.05, 0.1) is 12.0 Å². The average molecular weight is 391 g/mol. The van der Waals surface area contributed by atoms with E-state index in [1.807, 2.05) is 67.6 Å². The predicted octanol–water partition coefficient (Wildman–Crippen LogP) is 3.39. The molecule has 0 N–H and O–H groups in total. The van der Waals surface area contributed by atoms with Crippen molar-refractivity contribution in [3.05, 3.63) is 72.1 Å². The van der Waals surface area contributed by atoms with Gasteiger partial charge in [0.2, 0.25) is 11.8 Å². The molecule has 1 aromatic heterocycles. The van der Waals surface area contributed by atoms with Gasteiger partial charge in [-0.2, -0.15) is 0 Å². The quantitative estimate of drug-likeness (QED) is 0.599. The van der Waals surface area contributed by atoms with Gasteiger partial charge in [0.25, 0.3) is 5.89 Å². The Kier molecular flexibility index (Phi) is 5.37. The molecule has 1 aliphatic heterocycles. The van der Waals surface area contributed by atoms with Crippen LogP contribution in [0.25, 0.3) is 11.5 Å². The number of benzene rings is 2.